The van der Waals surface area contributed by atoms with Gasteiger partial charge in [0.25, 0.3) is 0 Å². The van der Waals surface area contributed by atoms with E-state index in [0.29, 0.717) is 22.7 Å². The fraction of sp³-hybridized carbons (Fsp3) is 0.286. The molecular formula is C28H23F4N9O3. The van der Waals surface area contributed by atoms with Gasteiger partial charge in [-0.1, -0.05) is 6.07 Å². The zero-order valence-electron chi connectivity index (χ0n) is 23.2. The number of likely N-dealkylation sites (tertiary alicyclic amines) is 1. The molecule has 1 aromatic carbocycles. The van der Waals surface area contributed by atoms with E-state index in [1.165, 1.54) is 11.6 Å². The van der Waals surface area contributed by atoms with Gasteiger partial charge >= 0.3 is 6.18 Å². The number of nitrogens with one attached hydrogen (secondary N) is 1. The van der Waals surface area contributed by atoms with Gasteiger partial charge in [-0.25, -0.2) is 18.9 Å². The Balaban J connectivity index is 1.25. The van der Waals surface area contributed by atoms with Crippen molar-refractivity contribution in [2.24, 2.45) is 0 Å². The Labute approximate surface area is 245 Å². The van der Waals surface area contributed by atoms with Gasteiger partial charge in [0.15, 0.2) is 22.9 Å². The molecule has 226 valence electrons. The van der Waals surface area contributed by atoms with E-state index in [9.17, 15) is 31.9 Å². The number of anilines is 1. The summed E-state index contributed by atoms with van der Waals surface area (Å²) >= 11 is 0. The molecule has 1 N–H and O–H groups in total. The summed E-state index contributed by atoms with van der Waals surface area (Å²) in [5, 5.41) is 11.4. The fourth-order valence-electron chi connectivity index (χ4n) is 5.18. The number of aryl methyl sites for hydroxylation is 1. The number of alkyl halides is 4. The summed E-state index contributed by atoms with van der Waals surface area (Å²) in [4.78, 5) is 51.0. The zero-order valence-corrected chi connectivity index (χ0v) is 23.2. The van der Waals surface area contributed by atoms with Gasteiger partial charge in [-0.05, 0) is 24.6 Å². The van der Waals surface area contributed by atoms with Crippen LogP contribution in [0.2, 0.25) is 0 Å². The Bertz CT molecular complexity index is 1950. The first-order valence-corrected chi connectivity index (χ1v) is 13.3. The molecule has 0 unspecified atom stereocenters. The molecule has 0 bridgehead atoms. The Hall–Kier alpha value is -5.28. The van der Waals surface area contributed by atoms with E-state index in [1.807, 2.05) is 13.0 Å². The minimum Gasteiger partial charge on any atom is -0.326 e. The molecule has 5 heterocycles. The van der Waals surface area contributed by atoms with E-state index in [-0.39, 0.29) is 17.9 Å². The maximum atomic E-state index is 14.5. The van der Waals surface area contributed by atoms with Gasteiger partial charge < -0.3 is 10.2 Å². The molecule has 4 aromatic heterocycles. The van der Waals surface area contributed by atoms with E-state index >= 15 is 0 Å². The first-order chi connectivity index (χ1) is 20.9. The molecule has 1 aliphatic rings. The van der Waals surface area contributed by atoms with E-state index in [2.05, 4.69) is 30.5 Å². The minimum absolute atomic E-state index is 0.112. The van der Waals surface area contributed by atoms with Gasteiger partial charge in [-0.15, -0.1) is 0 Å². The number of rotatable bonds is 6. The average molecular weight is 610 g/mol. The summed E-state index contributed by atoms with van der Waals surface area (Å²) in [7, 11) is 0. The molecule has 0 aliphatic carbocycles. The highest BCUT2D eigenvalue weighted by molar-refractivity contribution is 6.06. The Kier molecular flexibility index (Phi) is 7.05. The third-order valence-corrected chi connectivity index (χ3v) is 7.19. The topological polar surface area (TPSA) is 140 Å². The van der Waals surface area contributed by atoms with Crippen molar-refractivity contribution in [3.05, 3.63) is 66.1 Å². The van der Waals surface area contributed by atoms with Crippen LogP contribution in [0.15, 0.2) is 49.1 Å². The van der Waals surface area contributed by atoms with Crippen LogP contribution in [0.5, 0.6) is 0 Å². The van der Waals surface area contributed by atoms with Gasteiger partial charge in [-0.2, -0.15) is 23.4 Å². The van der Waals surface area contributed by atoms with Crippen LogP contribution in [0, 0.1) is 6.92 Å². The maximum Gasteiger partial charge on any atom is 0.434 e. The number of Topliss-reactive ketones (excluding diaryl/α,β-unsaturated/α-hetero) is 1. The third kappa shape index (κ3) is 5.45. The lowest BCUT2D eigenvalue weighted by Crippen LogP contribution is -2.44. The molecule has 1 fully saturated rings. The second kappa shape index (κ2) is 10.8. The number of carbonyl (C=O) groups excluding carboxylic acids is 3. The summed E-state index contributed by atoms with van der Waals surface area (Å²) in [5.74, 6) is -2.42. The highest BCUT2D eigenvalue weighted by Gasteiger charge is 2.40. The lowest BCUT2D eigenvalue weighted by atomic mass is 10.0. The average Bonchev–Trinajstić information content (AvgIpc) is 3.66. The summed E-state index contributed by atoms with van der Waals surface area (Å²) in [6.45, 7) is 2.36. The fourth-order valence-corrected chi connectivity index (χ4v) is 5.18. The largest absolute Gasteiger partial charge is 0.434 e. The summed E-state index contributed by atoms with van der Waals surface area (Å²) in [6.07, 6.45) is -1.80. The highest BCUT2D eigenvalue weighted by atomic mass is 19.4. The van der Waals surface area contributed by atoms with Crippen LogP contribution in [0.1, 0.15) is 35.2 Å². The molecule has 0 radical (unpaired) electrons. The van der Waals surface area contributed by atoms with Crippen molar-refractivity contribution >= 4 is 40.0 Å². The van der Waals surface area contributed by atoms with Crippen LogP contribution >= 0.6 is 0 Å². The quantitative estimate of drug-likeness (QED) is 0.227. The van der Waals surface area contributed by atoms with E-state index < -0.39 is 54.8 Å². The number of carbonyl (C=O) groups is 3. The maximum absolute atomic E-state index is 14.5. The normalized spacial score (nSPS) is 17.0. The van der Waals surface area contributed by atoms with Gasteiger partial charge in [-0.3, -0.25) is 24.0 Å². The van der Waals surface area contributed by atoms with Crippen molar-refractivity contribution in [2.45, 2.75) is 45.2 Å². The minimum atomic E-state index is -4.79. The van der Waals surface area contributed by atoms with Crippen LogP contribution in [-0.2, 0) is 22.3 Å². The number of amides is 2. The molecule has 0 saturated carbocycles. The number of hydrogen-bond donors (Lipinski definition) is 1. The molecular weight excluding hydrogens is 586 g/mol. The predicted molar refractivity (Wildman–Crippen MR) is 147 cm³/mol. The second-order valence-electron chi connectivity index (χ2n) is 10.4. The molecule has 0 spiro atoms. The Morgan fingerprint density at radius 1 is 1.07 bits per heavy atom. The first kappa shape index (κ1) is 28.8. The Morgan fingerprint density at radius 3 is 2.61 bits per heavy atom. The molecule has 1 aliphatic heterocycles. The summed E-state index contributed by atoms with van der Waals surface area (Å²) in [5.41, 5.74) is 2.18. The number of nitrogens with zero attached hydrogens (tertiary/aromatic N) is 8. The molecule has 5 aromatic rings. The van der Waals surface area contributed by atoms with Crippen LogP contribution < -0.4 is 5.32 Å². The Morgan fingerprint density at radius 2 is 1.86 bits per heavy atom. The van der Waals surface area contributed by atoms with Crippen LogP contribution in [0.4, 0.5) is 23.4 Å². The van der Waals surface area contributed by atoms with Crippen molar-refractivity contribution in [1.29, 1.82) is 0 Å². The number of fused-ring (bicyclic) bond motifs is 2. The number of hydrogen-bond acceptors (Lipinski definition) is 8. The standard InChI is InChI=1S/C28H23F4N9O3/c1-14-5-24-34-8-17(11-41(24)37-14)16-3-4-20-19(6-16)26(15(2)42)38-40(20)13-25(43)39-12-18(29)7-21(39)27(44)36-23-10-33-9-22(35-23)28(30,31)32/h3-6,8-11,18,21H,7,12-13H2,1-2H3,(H,35,36,44)/t18-,21+/m1/s1. The zero-order chi connectivity index (χ0) is 31.3. The van der Waals surface area contributed by atoms with Crippen LogP contribution in [-0.4, -0.2) is 75.6 Å². The molecule has 1 saturated heterocycles. The smallest absolute Gasteiger partial charge is 0.326 e. The van der Waals surface area contributed by atoms with Crippen molar-refractivity contribution < 1.29 is 31.9 Å². The highest BCUT2D eigenvalue weighted by Crippen LogP contribution is 2.30. The summed E-state index contributed by atoms with van der Waals surface area (Å²) in [6, 6.07) is 5.73. The molecule has 2 atom stereocenters. The number of aromatic nitrogens is 7. The van der Waals surface area contributed by atoms with Crippen molar-refractivity contribution in [2.75, 3.05) is 11.9 Å². The lowest BCUT2D eigenvalue weighted by molar-refractivity contribution is -0.141. The number of ketones is 1. The van der Waals surface area contributed by atoms with Crippen molar-refractivity contribution in [3.8, 4) is 11.1 Å². The molecule has 12 nitrogen and oxygen atoms in total. The summed E-state index contributed by atoms with van der Waals surface area (Å²) < 4.78 is 56.4. The van der Waals surface area contributed by atoms with Crippen molar-refractivity contribution in [3.63, 3.8) is 0 Å². The molecule has 44 heavy (non-hydrogen) atoms. The van der Waals surface area contributed by atoms with E-state index in [1.54, 1.807) is 35.1 Å². The third-order valence-electron chi connectivity index (χ3n) is 7.19. The van der Waals surface area contributed by atoms with Gasteiger partial charge in [0.2, 0.25) is 11.8 Å². The number of halogens is 4. The lowest BCUT2D eigenvalue weighted by Gasteiger charge is -2.23. The van der Waals surface area contributed by atoms with Crippen molar-refractivity contribution in [1.82, 2.24) is 39.2 Å². The van der Waals surface area contributed by atoms with Gasteiger partial charge in [0.05, 0.1) is 30.1 Å². The van der Waals surface area contributed by atoms with Gasteiger partial charge in [0, 0.05) is 42.8 Å². The molecule has 2 amide bonds. The first-order valence-electron chi connectivity index (χ1n) is 13.3. The number of benzene rings is 1. The van der Waals surface area contributed by atoms with Crippen LogP contribution in [0.3, 0.4) is 0 Å². The second-order valence-corrected chi connectivity index (χ2v) is 10.4. The molecule has 6 rings (SSSR count). The van der Waals surface area contributed by atoms with Gasteiger partial charge in [0.1, 0.15) is 24.5 Å². The van der Waals surface area contributed by atoms with E-state index in [0.717, 1.165) is 27.9 Å². The SMILES string of the molecule is CC(=O)c1nn(CC(=O)N2C[C@H](F)C[C@H]2C(=O)Nc2cncc(C(F)(F)F)n2)c2ccc(-c3cnc4cc(C)nn4c3)cc12. The van der Waals surface area contributed by atoms with E-state index in [4.69, 9.17) is 0 Å². The van der Waals surface area contributed by atoms with Crippen LogP contribution in [0.25, 0.3) is 27.7 Å². The molecule has 16 heteroatoms. The predicted octanol–water partition coefficient (Wildman–Crippen LogP) is 3.64. The monoisotopic (exact) mass is 609 g/mol.